The predicted molar refractivity (Wildman–Crippen MR) is 183 cm³/mol. The molecular weight excluding hydrogens is 662 g/mol. The van der Waals surface area contributed by atoms with Crippen LogP contribution in [-0.2, 0) is 43.0 Å². The first-order valence-electron chi connectivity index (χ1n) is 17.7. The van der Waals surface area contributed by atoms with Crippen LogP contribution >= 0.6 is 0 Å². The SMILES string of the molecule is CC(C)COC(=O)N[C@@H]1CCC2OC2CCCC(C(=O)C(=O)NCC(=O)N[C@H](C(=O)OC(C)(C)C)c2ccccc2)NC(=O)[C@@H]2CCCN2C1=O. The minimum Gasteiger partial charge on any atom is -0.458 e. The van der Waals surface area contributed by atoms with Crippen molar-refractivity contribution in [3.8, 4) is 0 Å². The molecule has 0 radical (unpaired) electrons. The fourth-order valence-electron chi connectivity index (χ4n) is 6.17. The molecular formula is C36H51N5O10. The van der Waals surface area contributed by atoms with Crippen LogP contribution in [0.1, 0.15) is 91.2 Å². The second-order valence-corrected chi connectivity index (χ2v) is 14.7. The number of fused-ring (bicyclic) bond motifs is 2. The summed E-state index contributed by atoms with van der Waals surface area (Å²) in [4.78, 5) is 93.6. The molecule has 5 amide bonds. The lowest BCUT2D eigenvalue weighted by molar-refractivity contribution is -0.158. The van der Waals surface area contributed by atoms with Gasteiger partial charge in [0.05, 0.1) is 31.4 Å². The highest BCUT2D eigenvalue weighted by molar-refractivity contribution is 6.38. The molecule has 0 aliphatic carbocycles. The van der Waals surface area contributed by atoms with E-state index in [1.165, 1.54) is 4.90 Å². The molecule has 4 rings (SSSR count). The molecule has 3 heterocycles. The molecule has 0 bridgehead atoms. The third-order valence-electron chi connectivity index (χ3n) is 8.73. The second kappa shape index (κ2) is 17.6. The van der Waals surface area contributed by atoms with E-state index in [0.29, 0.717) is 44.1 Å². The van der Waals surface area contributed by atoms with Crippen molar-refractivity contribution in [2.75, 3.05) is 19.7 Å². The van der Waals surface area contributed by atoms with Gasteiger partial charge >= 0.3 is 12.1 Å². The second-order valence-electron chi connectivity index (χ2n) is 14.7. The Hall–Kier alpha value is -4.53. The third-order valence-corrected chi connectivity index (χ3v) is 8.73. The van der Waals surface area contributed by atoms with Crippen LogP contribution in [0.2, 0.25) is 0 Å². The van der Waals surface area contributed by atoms with E-state index < -0.39 is 77.8 Å². The Balaban J connectivity index is 1.41. The fourth-order valence-corrected chi connectivity index (χ4v) is 6.17. The average Bonchev–Trinajstić information content (AvgIpc) is 3.63. The standard InChI is InChI=1S/C36H51N5O10/c1-21(2)20-49-35(48)39-24-16-17-27-26(50-27)15-9-13-23(38-31(44)25-14-10-18-41(25)33(24)46)30(43)32(45)37-19-28(42)40-29(22-11-7-6-8-12-22)34(47)51-36(3,4)5/h6-8,11-12,21,23-27,29H,9-10,13-20H2,1-5H3,(H,37,45)(H,38,44)(H,39,48)(H,40,42)/t23?,24-,25+,26?,27?,29+/m1/s1. The number of amides is 5. The summed E-state index contributed by atoms with van der Waals surface area (Å²) in [5.41, 5.74) is -0.347. The van der Waals surface area contributed by atoms with Crippen molar-refractivity contribution in [3.05, 3.63) is 35.9 Å². The normalized spacial score (nSPS) is 24.5. The fraction of sp³-hybridized carbons (Fsp3) is 0.639. The van der Waals surface area contributed by atoms with Crippen molar-refractivity contribution in [3.63, 3.8) is 0 Å². The monoisotopic (exact) mass is 713 g/mol. The van der Waals surface area contributed by atoms with E-state index >= 15 is 0 Å². The molecule has 3 fully saturated rings. The molecule has 51 heavy (non-hydrogen) atoms. The molecule has 0 aromatic heterocycles. The summed E-state index contributed by atoms with van der Waals surface area (Å²) in [6.07, 6.45) is 1.85. The summed E-state index contributed by atoms with van der Waals surface area (Å²) >= 11 is 0. The number of nitrogens with one attached hydrogen (secondary N) is 4. The number of epoxide rings is 1. The van der Waals surface area contributed by atoms with Gasteiger partial charge in [-0.15, -0.1) is 0 Å². The minimum atomic E-state index is -1.22. The molecule has 280 valence electrons. The van der Waals surface area contributed by atoms with Gasteiger partial charge in [-0.3, -0.25) is 24.0 Å². The number of ether oxygens (including phenoxy) is 3. The maximum atomic E-state index is 13.7. The topological polar surface area (TPSA) is 202 Å². The highest BCUT2D eigenvalue weighted by Gasteiger charge is 2.43. The molecule has 15 heteroatoms. The number of hydrogen-bond acceptors (Lipinski definition) is 10. The quantitative estimate of drug-likeness (QED) is 0.157. The van der Waals surface area contributed by atoms with Crippen LogP contribution in [0, 0.1) is 5.92 Å². The van der Waals surface area contributed by atoms with Crippen molar-refractivity contribution in [1.29, 1.82) is 0 Å². The number of carbonyl (C=O) groups excluding carboxylic acids is 7. The molecule has 4 N–H and O–H groups in total. The summed E-state index contributed by atoms with van der Waals surface area (Å²) in [6, 6.07) is 4.25. The molecule has 1 aromatic rings. The minimum absolute atomic E-state index is 0.105. The number of carbonyl (C=O) groups is 7. The lowest BCUT2D eigenvalue weighted by Gasteiger charge is -2.30. The lowest BCUT2D eigenvalue weighted by Crippen LogP contribution is -2.56. The first kappa shape index (κ1) is 39.3. The van der Waals surface area contributed by atoms with Crippen LogP contribution < -0.4 is 21.3 Å². The zero-order chi connectivity index (χ0) is 37.3. The molecule has 3 unspecified atom stereocenters. The van der Waals surface area contributed by atoms with Crippen LogP contribution in [0.25, 0.3) is 0 Å². The molecule has 15 nitrogen and oxygen atoms in total. The average molecular weight is 714 g/mol. The number of rotatable bonds is 10. The number of Topliss-reactive ketones (excluding diaryl/α,β-unsaturated/α-hetero) is 1. The van der Waals surface area contributed by atoms with E-state index in [-0.39, 0.29) is 37.7 Å². The Kier molecular flexibility index (Phi) is 13.6. The molecule has 3 saturated heterocycles. The van der Waals surface area contributed by atoms with Gasteiger partial charge in [-0.1, -0.05) is 44.2 Å². The van der Waals surface area contributed by atoms with Crippen LogP contribution in [0.3, 0.4) is 0 Å². The Labute approximate surface area is 298 Å². The Morgan fingerprint density at radius 2 is 1.67 bits per heavy atom. The number of esters is 1. The Morgan fingerprint density at radius 1 is 0.961 bits per heavy atom. The van der Waals surface area contributed by atoms with Gasteiger partial charge in [-0.25, -0.2) is 9.59 Å². The van der Waals surface area contributed by atoms with E-state index in [0.717, 1.165) is 0 Å². The number of hydrogen-bond donors (Lipinski definition) is 4. The summed E-state index contributed by atoms with van der Waals surface area (Å²) in [5.74, 6) is -4.39. The third kappa shape index (κ3) is 11.8. The maximum Gasteiger partial charge on any atom is 0.407 e. The van der Waals surface area contributed by atoms with Crippen molar-refractivity contribution in [2.24, 2.45) is 5.92 Å². The van der Waals surface area contributed by atoms with Gasteiger partial charge in [-0.2, -0.15) is 0 Å². The lowest BCUT2D eigenvalue weighted by atomic mass is 9.99. The number of benzene rings is 1. The number of nitrogens with zero attached hydrogens (tertiary/aromatic N) is 1. The highest BCUT2D eigenvalue weighted by atomic mass is 16.6. The van der Waals surface area contributed by atoms with Crippen LogP contribution in [0.4, 0.5) is 4.79 Å². The predicted octanol–water partition coefficient (Wildman–Crippen LogP) is 1.83. The van der Waals surface area contributed by atoms with Crippen molar-refractivity contribution < 1.29 is 47.8 Å². The summed E-state index contributed by atoms with van der Waals surface area (Å²) in [6.45, 7) is 8.73. The molecule has 6 atom stereocenters. The first-order valence-corrected chi connectivity index (χ1v) is 17.7. The number of alkyl carbamates (subject to hydrolysis) is 1. The molecule has 0 saturated carbocycles. The molecule has 1 aromatic carbocycles. The molecule has 3 aliphatic rings. The summed E-state index contributed by atoms with van der Waals surface area (Å²) in [7, 11) is 0. The van der Waals surface area contributed by atoms with Gasteiger partial charge in [0.1, 0.15) is 17.7 Å². The van der Waals surface area contributed by atoms with Crippen molar-refractivity contribution in [2.45, 2.75) is 122 Å². The van der Waals surface area contributed by atoms with E-state index in [4.69, 9.17) is 14.2 Å². The Morgan fingerprint density at radius 3 is 2.35 bits per heavy atom. The van der Waals surface area contributed by atoms with Gasteiger partial charge in [0.25, 0.3) is 5.91 Å². The largest absolute Gasteiger partial charge is 0.458 e. The van der Waals surface area contributed by atoms with Crippen molar-refractivity contribution in [1.82, 2.24) is 26.2 Å². The van der Waals surface area contributed by atoms with Gasteiger partial charge in [0.2, 0.25) is 23.5 Å². The van der Waals surface area contributed by atoms with Gasteiger partial charge in [0.15, 0.2) is 6.04 Å². The van der Waals surface area contributed by atoms with Gasteiger partial charge in [0, 0.05) is 6.54 Å². The molecule has 0 spiro atoms. The molecule has 3 aliphatic heterocycles. The zero-order valence-corrected chi connectivity index (χ0v) is 30.0. The van der Waals surface area contributed by atoms with Crippen molar-refractivity contribution >= 4 is 41.5 Å². The van der Waals surface area contributed by atoms with E-state index in [1.807, 2.05) is 13.8 Å². The van der Waals surface area contributed by atoms with Crippen LogP contribution in [0.15, 0.2) is 30.3 Å². The van der Waals surface area contributed by atoms with Gasteiger partial charge < -0.3 is 40.4 Å². The number of ketones is 1. The Bertz CT molecular complexity index is 1450. The van der Waals surface area contributed by atoms with Gasteiger partial charge in [-0.05, 0) is 77.2 Å². The van der Waals surface area contributed by atoms with E-state index in [1.54, 1.807) is 51.1 Å². The zero-order valence-electron chi connectivity index (χ0n) is 30.0. The summed E-state index contributed by atoms with van der Waals surface area (Å²) < 4.78 is 16.5. The first-order chi connectivity index (χ1) is 24.1. The van der Waals surface area contributed by atoms with Crippen LogP contribution in [0.5, 0.6) is 0 Å². The summed E-state index contributed by atoms with van der Waals surface area (Å²) in [5, 5.41) is 10.2. The van der Waals surface area contributed by atoms with Crippen LogP contribution in [-0.4, -0.2) is 102 Å². The smallest absolute Gasteiger partial charge is 0.407 e. The van der Waals surface area contributed by atoms with E-state index in [9.17, 15) is 33.6 Å². The maximum absolute atomic E-state index is 13.7. The highest BCUT2D eigenvalue weighted by Crippen LogP contribution is 2.32. The van der Waals surface area contributed by atoms with E-state index in [2.05, 4.69) is 21.3 Å².